The van der Waals surface area contributed by atoms with E-state index in [2.05, 4.69) is 6.92 Å². The van der Waals surface area contributed by atoms with Crippen LogP contribution in [0.3, 0.4) is 0 Å². The standard InChI is InChI=1S/C13H18N2O2S/c1-9-8-18-7-6-15(9)13(16)12-10(14)4-3-5-11(12)17-2/h3-5,9H,6-8,14H2,1-2H3. The van der Waals surface area contributed by atoms with Gasteiger partial charge in [0.25, 0.3) is 5.91 Å². The summed E-state index contributed by atoms with van der Waals surface area (Å²) in [4.78, 5) is 14.4. The zero-order valence-corrected chi connectivity index (χ0v) is 11.5. The van der Waals surface area contributed by atoms with E-state index in [0.29, 0.717) is 17.0 Å². The van der Waals surface area contributed by atoms with Gasteiger partial charge in [0.05, 0.1) is 7.11 Å². The SMILES string of the molecule is COc1cccc(N)c1C(=O)N1CCSCC1C. The van der Waals surface area contributed by atoms with E-state index in [0.717, 1.165) is 18.1 Å². The predicted molar refractivity (Wildman–Crippen MR) is 75.2 cm³/mol. The van der Waals surface area contributed by atoms with E-state index in [9.17, 15) is 4.79 Å². The number of rotatable bonds is 2. The third kappa shape index (κ3) is 2.41. The molecule has 0 spiro atoms. The molecule has 2 N–H and O–H groups in total. The lowest BCUT2D eigenvalue weighted by Gasteiger charge is -2.33. The van der Waals surface area contributed by atoms with Crippen LogP contribution >= 0.6 is 11.8 Å². The molecular weight excluding hydrogens is 248 g/mol. The lowest BCUT2D eigenvalue weighted by atomic mass is 10.1. The Morgan fingerprint density at radius 2 is 2.33 bits per heavy atom. The summed E-state index contributed by atoms with van der Waals surface area (Å²) < 4.78 is 5.24. The maximum absolute atomic E-state index is 12.6. The second-order valence-electron chi connectivity index (χ2n) is 4.35. The summed E-state index contributed by atoms with van der Waals surface area (Å²) in [5.41, 5.74) is 6.88. The van der Waals surface area contributed by atoms with Crippen molar-refractivity contribution in [2.75, 3.05) is 30.9 Å². The van der Waals surface area contributed by atoms with Gasteiger partial charge in [-0.2, -0.15) is 11.8 Å². The van der Waals surface area contributed by atoms with Crippen LogP contribution in [-0.2, 0) is 0 Å². The maximum atomic E-state index is 12.6. The number of anilines is 1. The first-order valence-corrected chi connectivity index (χ1v) is 7.11. The third-order valence-electron chi connectivity index (χ3n) is 3.12. The minimum Gasteiger partial charge on any atom is -0.496 e. The van der Waals surface area contributed by atoms with Gasteiger partial charge < -0.3 is 15.4 Å². The van der Waals surface area contributed by atoms with Gasteiger partial charge in [-0.3, -0.25) is 4.79 Å². The molecule has 0 saturated carbocycles. The lowest BCUT2D eigenvalue weighted by molar-refractivity contribution is 0.0714. The zero-order chi connectivity index (χ0) is 13.1. The number of ether oxygens (including phenoxy) is 1. The van der Waals surface area contributed by atoms with Crippen LogP contribution in [0.4, 0.5) is 5.69 Å². The van der Waals surface area contributed by atoms with Crippen LogP contribution < -0.4 is 10.5 Å². The molecule has 1 aliphatic rings. The molecule has 1 aromatic rings. The Labute approximate surface area is 111 Å². The molecule has 98 valence electrons. The summed E-state index contributed by atoms with van der Waals surface area (Å²) in [5.74, 6) is 2.47. The van der Waals surface area contributed by atoms with Crippen LogP contribution in [0.1, 0.15) is 17.3 Å². The van der Waals surface area contributed by atoms with Gasteiger partial charge >= 0.3 is 0 Å². The molecule has 1 aromatic carbocycles. The van der Waals surface area contributed by atoms with Crippen LogP contribution in [0.25, 0.3) is 0 Å². The van der Waals surface area contributed by atoms with Crippen molar-refractivity contribution in [3.63, 3.8) is 0 Å². The second kappa shape index (κ2) is 5.52. The molecule has 1 unspecified atom stereocenters. The number of hydrogen-bond donors (Lipinski definition) is 1. The van der Waals surface area contributed by atoms with Gasteiger partial charge in [-0.15, -0.1) is 0 Å². The van der Waals surface area contributed by atoms with E-state index in [1.54, 1.807) is 25.3 Å². The van der Waals surface area contributed by atoms with Gasteiger partial charge in [0.1, 0.15) is 11.3 Å². The quantitative estimate of drug-likeness (QED) is 0.830. The number of benzene rings is 1. The molecule has 1 amide bonds. The van der Waals surface area contributed by atoms with Crippen molar-refractivity contribution >= 4 is 23.4 Å². The largest absolute Gasteiger partial charge is 0.496 e. The van der Waals surface area contributed by atoms with Gasteiger partial charge in [-0.05, 0) is 19.1 Å². The highest BCUT2D eigenvalue weighted by Crippen LogP contribution is 2.28. The van der Waals surface area contributed by atoms with Gasteiger partial charge in [-0.1, -0.05) is 6.07 Å². The highest BCUT2D eigenvalue weighted by atomic mass is 32.2. The minimum atomic E-state index is -0.0299. The van der Waals surface area contributed by atoms with Gasteiger partial charge in [-0.25, -0.2) is 0 Å². The lowest BCUT2D eigenvalue weighted by Crippen LogP contribution is -2.44. The Balaban J connectivity index is 2.33. The predicted octanol–water partition coefficient (Wildman–Crippen LogP) is 1.85. The van der Waals surface area contributed by atoms with Crippen molar-refractivity contribution in [1.29, 1.82) is 0 Å². The summed E-state index contributed by atoms with van der Waals surface area (Å²) in [6.45, 7) is 2.83. The summed E-state index contributed by atoms with van der Waals surface area (Å²) in [7, 11) is 1.56. The molecule has 1 fully saturated rings. The first-order chi connectivity index (χ1) is 8.65. The molecule has 2 rings (SSSR count). The number of carbonyl (C=O) groups excluding carboxylic acids is 1. The monoisotopic (exact) mass is 266 g/mol. The van der Waals surface area contributed by atoms with Crippen molar-refractivity contribution in [2.24, 2.45) is 0 Å². The number of amides is 1. The number of nitrogens with two attached hydrogens (primary N) is 1. The van der Waals surface area contributed by atoms with Gasteiger partial charge in [0.2, 0.25) is 0 Å². The van der Waals surface area contributed by atoms with Crippen LogP contribution in [0.15, 0.2) is 18.2 Å². The van der Waals surface area contributed by atoms with Gasteiger partial charge in [0, 0.05) is 29.8 Å². The van der Waals surface area contributed by atoms with Crippen LogP contribution in [0.5, 0.6) is 5.75 Å². The summed E-state index contributed by atoms with van der Waals surface area (Å²) in [6, 6.07) is 5.53. The first-order valence-electron chi connectivity index (χ1n) is 5.96. The van der Waals surface area contributed by atoms with E-state index in [-0.39, 0.29) is 11.9 Å². The van der Waals surface area contributed by atoms with Crippen molar-refractivity contribution < 1.29 is 9.53 Å². The van der Waals surface area contributed by atoms with Crippen molar-refractivity contribution in [3.05, 3.63) is 23.8 Å². The summed E-state index contributed by atoms with van der Waals surface area (Å²) in [5, 5.41) is 0. The molecule has 0 aromatic heterocycles. The molecule has 18 heavy (non-hydrogen) atoms. The third-order valence-corrected chi connectivity index (χ3v) is 4.31. The van der Waals surface area contributed by atoms with E-state index < -0.39 is 0 Å². The number of hydrogen-bond acceptors (Lipinski definition) is 4. The minimum absolute atomic E-state index is 0.0299. The van der Waals surface area contributed by atoms with Crippen LogP contribution in [0.2, 0.25) is 0 Å². The highest BCUT2D eigenvalue weighted by Gasteiger charge is 2.27. The summed E-state index contributed by atoms with van der Waals surface area (Å²) >= 11 is 1.88. The molecule has 1 heterocycles. The molecule has 1 atom stereocenters. The Morgan fingerprint density at radius 1 is 1.56 bits per heavy atom. The van der Waals surface area contributed by atoms with E-state index in [1.165, 1.54) is 0 Å². The second-order valence-corrected chi connectivity index (χ2v) is 5.50. The van der Waals surface area contributed by atoms with E-state index in [1.807, 2.05) is 16.7 Å². The Kier molecular flexibility index (Phi) is 4.01. The molecular formula is C13H18N2O2S. The number of carbonyl (C=O) groups is 1. The Morgan fingerprint density at radius 3 is 3.00 bits per heavy atom. The van der Waals surface area contributed by atoms with Crippen molar-refractivity contribution in [2.45, 2.75) is 13.0 Å². The molecule has 1 saturated heterocycles. The van der Waals surface area contributed by atoms with Crippen LogP contribution in [-0.4, -0.2) is 42.0 Å². The fourth-order valence-corrected chi connectivity index (χ4v) is 3.13. The molecule has 0 radical (unpaired) electrons. The number of nitrogen functional groups attached to an aromatic ring is 1. The molecule has 0 aliphatic carbocycles. The smallest absolute Gasteiger partial charge is 0.260 e. The van der Waals surface area contributed by atoms with Gasteiger partial charge in [0.15, 0.2) is 0 Å². The summed E-state index contributed by atoms with van der Waals surface area (Å²) in [6.07, 6.45) is 0. The van der Waals surface area contributed by atoms with Crippen molar-refractivity contribution in [3.8, 4) is 5.75 Å². The molecule has 5 heteroatoms. The Hall–Kier alpha value is -1.36. The first kappa shape index (κ1) is 13.1. The topological polar surface area (TPSA) is 55.6 Å². The highest BCUT2D eigenvalue weighted by molar-refractivity contribution is 7.99. The maximum Gasteiger partial charge on any atom is 0.260 e. The fourth-order valence-electron chi connectivity index (χ4n) is 2.12. The number of methoxy groups -OCH3 is 1. The average Bonchev–Trinajstić information content (AvgIpc) is 2.38. The van der Waals surface area contributed by atoms with Crippen molar-refractivity contribution in [1.82, 2.24) is 4.90 Å². The number of nitrogens with zero attached hydrogens (tertiary/aromatic N) is 1. The van der Waals surface area contributed by atoms with E-state index >= 15 is 0 Å². The molecule has 0 bridgehead atoms. The zero-order valence-electron chi connectivity index (χ0n) is 10.7. The number of thioether (sulfide) groups is 1. The Bertz CT molecular complexity index is 451. The average molecular weight is 266 g/mol. The normalized spacial score (nSPS) is 19.7. The molecule has 4 nitrogen and oxygen atoms in total. The molecule has 1 aliphatic heterocycles. The van der Waals surface area contributed by atoms with E-state index in [4.69, 9.17) is 10.5 Å². The van der Waals surface area contributed by atoms with Crippen LogP contribution in [0, 0.1) is 0 Å². The fraction of sp³-hybridized carbons (Fsp3) is 0.462.